The average Bonchev–Trinajstić information content (AvgIpc) is 2.80. The van der Waals surface area contributed by atoms with Crippen LogP contribution in [0.2, 0.25) is 0 Å². The number of furan rings is 1. The van der Waals surface area contributed by atoms with Gasteiger partial charge in [0.2, 0.25) is 0 Å². The van der Waals surface area contributed by atoms with E-state index >= 15 is 0 Å². The average molecular weight is 293 g/mol. The molecule has 1 aromatic carbocycles. The molecule has 84 valence electrons. The molecule has 0 aliphatic rings. The van der Waals surface area contributed by atoms with E-state index in [4.69, 9.17) is 4.42 Å². The van der Waals surface area contributed by atoms with Crippen LogP contribution in [-0.4, -0.2) is 9.97 Å². The minimum Gasteiger partial charge on any atom is -0.463 e. The summed E-state index contributed by atoms with van der Waals surface area (Å²) in [5.41, 5.74) is 1.19. The Labute approximate surface area is 104 Å². The van der Waals surface area contributed by atoms with Crippen LogP contribution in [0.4, 0.5) is 4.39 Å². The highest BCUT2D eigenvalue weighted by Crippen LogP contribution is 2.27. The van der Waals surface area contributed by atoms with Crippen LogP contribution in [0, 0.1) is 5.82 Å². The monoisotopic (exact) mass is 292 g/mol. The van der Waals surface area contributed by atoms with Crippen LogP contribution >= 0.6 is 15.9 Å². The number of rotatable bonds is 1. The molecule has 0 bridgehead atoms. The molecule has 17 heavy (non-hydrogen) atoms. The van der Waals surface area contributed by atoms with E-state index in [1.807, 2.05) is 0 Å². The van der Waals surface area contributed by atoms with E-state index in [2.05, 4.69) is 25.9 Å². The molecule has 0 amide bonds. The lowest BCUT2D eigenvalue weighted by molar-refractivity contribution is 0.580. The summed E-state index contributed by atoms with van der Waals surface area (Å²) in [4.78, 5) is 8.39. The van der Waals surface area contributed by atoms with Crippen molar-refractivity contribution in [3.05, 3.63) is 47.1 Å². The zero-order valence-electron chi connectivity index (χ0n) is 8.52. The van der Waals surface area contributed by atoms with Gasteiger partial charge in [-0.05, 0) is 40.2 Å². The molecule has 0 N–H and O–H groups in total. The summed E-state index contributed by atoms with van der Waals surface area (Å²) in [5, 5.41) is 0.754. The van der Waals surface area contributed by atoms with Gasteiger partial charge in [-0.1, -0.05) is 0 Å². The van der Waals surface area contributed by atoms with E-state index in [0.29, 0.717) is 21.7 Å². The first-order valence-corrected chi connectivity index (χ1v) is 5.70. The Kier molecular flexibility index (Phi) is 2.40. The molecule has 2 heterocycles. The molecule has 0 radical (unpaired) electrons. The Morgan fingerprint density at radius 1 is 1.18 bits per heavy atom. The minimum absolute atomic E-state index is 0.325. The molecule has 3 aromatic rings. The van der Waals surface area contributed by atoms with Crippen molar-refractivity contribution in [1.82, 2.24) is 9.97 Å². The summed E-state index contributed by atoms with van der Waals surface area (Å²) < 4.78 is 18.9. The summed E-state index contributed by atoms with van der Waals surface area (Å²) >= 11 is 3.21. The maximum Gasteiger partial charge on any atom is 0.197 e. The Bertz CT molecular complexity index is 677. The Morgan fingerprint density at radius 2 is 2.06 bits per heavy atom. The Hall–Kier alpha value is -1.75. The lowest BCUT2D eigenvalue weighted by Crippen LogP contribution is -1.91. The fourth-order valence-corrected chi connectivity index (χ4v) is 2.04. The highest BCUT2D eigenvalue weighted by Gasteiger charge is 2.11. The zero-order valence-corrected chi connectivity index (χ0v) is 10.1. The number of fused-ring (bicyclic) bond motifs is 1. The summed E-state index contributed by atoms with van der Waals surface area (Å²) in [5.74, 6) is 0.304. The normalized spacial score (nSPS) is 10.9. The van der Waals surface area contributed by atoms with Gasteiger partial charge in [-0.25, -0.2) is 14.4 Å². The van der Waals surface area contributed by atoms with Crippen molar-refractivity contribution in [3.63, 3.8) is 0 Å². The molecule has 2 aromatic heterocycles. The van der Waals surface area contributed by atoms with Gasteiger partial charge in [0.15, 0.2) is 10.5 Å². The number of hydrogen-bond donors (Lipinski definition) is 0. The smallest absolute Gasteiger partial charge is 0.197 e. The molecule has 0 saturated carbocycles. The molecular formula is C12H6BrFN2O. The van der Waals surface area contributed by atoms with Gasteiger partial charge >= 0.3 is 0 Å². The van der Waals surface area contributed by atoms with Crippen molar-refractivity contribution in [2.24, 2.45) is 0 Å². The molecule has 5 heteroatoms. The molecule has 3 rings (SSSR count). The first-order valence-electron chi connectivity index (χ1n) is 4.91. The van der Waals surface area contributed by atoms with E-state index in [9.17, 15) is 4.39 Å². The second kappa shape index (κ2) is 3.92. The minimum atomic E-state index is -0.325. The molecule has 0 spiro atoms. The number of hydrogen-bond acceptors (Lipinski definition) is 3. The van der Waals surface area contributed by atoms with Gasteiger partial charge in [0.1, 0.15) is 11.5 Å². The molecule has 0 atom stereocenters. The second-order valence-electron chi connectivity index (χ2n) is 3.48. The second-order valence-corrected chi connectivity index (χ2v) is 4.19. The Morgan fingerprint density at radius 3 is 2.82 bits per heavy atom. The van der Waals surface area contributed by atoms with Gasteiger partial charge in [0, 0.05) is 11.5 Å². The molecule has 3 nitrogen and oxygen atoms in total. The SMILES string of the molecule is Fc1ccc2c(-c3ccco3)nc(Br)nc2c1. The molecular weight excluding hydrogens is 287 g/mol. The van der Waals surface area contributed by atoms with Crippen LogP contribution in [-0.2, 0) is 0 Å². The fourth-order valence-electron chi connectivity index (χ4n) is 1.68. The molecule has 0 aliphatic carbocycles. The van der Waals surface area contributed by atoms with Gasteiger partial charge in [0.25, 0.3) is 0 Å². The topological polar surface area (TPSA) is 38.9 Å². The van der Waals surface area contributed by atoms with Crippen LogP contribution in [0.25, 0.3) is 22.4 Å². The molecule has 0 saturated heterocycles. The van der Waals surface area contributed by atoms with Crippen LogP contribution in [0.1, 0.15) is 0 Å². The number of benzene rings is 1. The van der Waals surface area contributed by atoms with Gasteiger partial charge in [-0.15, -0.1) is 0 Å². The third kappa shape index (κ3) is 1.82. The fraction of sp³-hybridized carbons (Fsp3) is 0. The first kappa shape index (κ1) is 10.4. The third-order valence-corrected chi connectivity index (χ3v) is 2.74. The van der Waals surface area contributed by atoms with Gasteiger partial charge in [-0.3, -0.25) is 0 Å². The number of aromatic nitrogens is 2. The highest BCUT2D eigenvalue weighted by molar-refractivity contribution is 9.10. The van der Waals surface area contributed by atoms with E-state index in [1.165, 1.54) is 12.1 Å². The van der Waals surface area contributed by atoms with Crippen molar-refractivity contribution in [3.8, 4) is 11.5 Å². The van der Waals surface area contributed by atoms with E-state index in [-0.39, 0.29) is 5.82 Å². The number of halogens is 2. The summed E-state index contributed by atoms with van der Waals surface area (Å²) in [6, 6.07) is 7.98. The predicted octanol–water partition coefficient (Wildman–Crippen LogP) is 3.79. The van der Waals surface area contributed by atoms with Crippen molar-refractivity contribution in [2.45, 2.75) is 0 Å². The van der Waals surface area contributed by atoms with E-state index in [1.54, 1.807) is 24.5 Å². The quantitative estimate of drug-likeness (QED) is 0.641. The molecule has 0 aliphatic heterocycles. The predicted molar refractivity (Wildman–Crippen MR) is 64.9 cm³/mol. The van der Waals surface area contributed by atoms with Gasteiger partial charge < -0.3 is 4.42 Å². The van der Waals surface area contributed by atoms with Gasteiger partial charge in [0.05, 0.1) is 11.8 Å². The van der Waals surface area contributed by atoms with E-state index in [0.717, 1.165) is 5.39 Å². The Balaban J connectivity index is 2.38. The third-order valence-electron chi connectivity index (χ3n) is 2.39. The van der Waals surface area contributed by atoms with Crippen molar-refractivity contribution in [1.29, 1.82) is 0 Å². The molecule has 0 unspecified atom stereocenters. The van der Waals surface area contributed by atoms with E-state index < -0.39 is 0 Å². The number of nitrogens with zero attached hydrogens (tertiary/aromatic N) is 2. The van der Waals surface area contributed by atoms with Gasteiger partial charge in [-0.2, -0.15) is 0 Å². The van der Waals surface area contributed by atoms with Crippen molar-refractivity contribution in [2.75, 3.05) is 0 Å². The maximum absolute atomic E-state index is 13.1. The van der Waals surface area contributed by atoms with Crippen molar-refractivity contribution >= 4 is 26.8 Å². The van der Waals surface area contributed by atoms with Crippen LogP contribution in [0.15, 0.2) is 45.7 Å². The van der Waals surface area contributed by atoms with Crippen LogP contribution in [0.3, 0.4) is 0 Å². The zero-order chi connectivity index (χ0) is 11.8. The standard InChI is InChI=1S/C12H6BrFN2O/c13-12-15-9-6-7(14)3-4-8(9)11(16-12)10-2-1-5-17-10/h1-6H. The maximum atomic E-state index is 13.1. The first-order chi connectivity index (χ1) is 8.24. The van der Waals surface area contributed by atoms with Crippen LogP contribution < -0.4 is 0 Å². The summed E-state index contributed by atoms with van der Waals surface area (Å²) in [6.45, 7) is 0. The van der Waals surface area contributed by atoms with Crippen LogP contribution in [0.5, 0.6) is 0 Å². The lowest BCUT2D eigenvalue weighted by atomic mass is 10.1. The summed E-state index contributed by atoms with van der Waals surface area (Å²) in [7, 11) is 0. The lowest BCUT2D eigenvalue weighted by Gasteiger charge is -2.03. The molecule has 0 fully saturated rings. The van der Waals surface area contributed by atoms with Crippen molar-refractivity contribution < 1.29 is 8.81 Å². The summed E-state index contributed by atoms with van der Waals surface area (Å²) in [6.07, 6.45) is 1.57. The largest absolute Gasteiger partial charge is 0.463 e. The highest BCUT2D eigenvalue weighted by atomic mass is 79.9.